The highest BCUT2D eigenvalue weighted by atomic mass is 19.4. The number of halogens is 3. The predicted octanol–water partition coefficient (Wildman–Crippen LogP) is 5.90. The normalized spacial score (nSPS) is 21.4. The zero-order chi connectivity index (χ0) is 20.2. The largest absolute Gasteiger partial charge is 0.416 e. The van der Waals surface area contributed by atoms with Gasteiger partial charge in [0.15, 0.2) is 0 Å². The van der Waals surface area contributed by atoms with Gasteiger partial charge in [-0.3, -0.25) is 4.90 Å². The van der Waals surface area contributed by atoms with Crippen LogP contribution in [0.25, 0.3) is 10.9 Å². The zero-order valence-electron chi connectivity index (χ0n) is 16.6. The topological polar surface area (TPSA) is 8.17 Å². The quantitative estimate of drug-likeness (QED) is 0.533. The third-order valence-electron chi connectivity index (χ3n) is 6.60. The van der Waals surface area contributed by atoms with Crippen LogP contribution in [-0.2, 0) is 25.7 Å². The van der Waals surface area contributed by atoms with Gasteiger partial charge >= 0.3 is 6.18 Å². The van der Waals surface area contributed by atoms with E-state index in [0.29, 0.717) is 18.9 Å². The zero-order valence-corrected chi connectivity index (χ0v) is 16.6. The molecule has 152 valence electrons. The summed E-state index contributed by atoms with van der Waals surface area (Å²) < 4.78 is 41.7. The van der Waals surface area contributed by atoms with Gasteiger partial charge in [-0.1, -0.05) is 29.8 Å². The minimum atomic E-state index is -4.29. The molecule has 2 bridgehead atoms. The van der Waals surface area contributed by atoms with Gasteiger partial charge in [0.25, 0.3) is 0 Å². The summed E-state index contributed by atoms with van der Waals surface area (Å²) >= 11 is 0. The third-order valence-corrected chi connectivity index (χ3v) is 6.60. The second kappa shape index (κ2) is 6.91. The number of aromatic nitrogens is 1. The van der Waals surface area contributed by atoms with E-state index >= 15 is 0 Å². The van der Waals surface area contributed by atoms with Crippen LogP contribution < -0.4 is 0 Å². The molecule has 4 heterocycles. The lowest BCUT2D eigenvalue weighted by Crippen LogP contribution is -2.29. The van der Waals surface area contributed by atoms with Crippen molar-refractivity contribution in [3.63, 3.8) is 0 Å². The molecule has 0 aliphatic carbocycles. The lowest BCUT2D eigenvalue weighted by molar-refractivity contribution is -0.137. The molecule has 2 aromatic carbocycles. The van der Waals surface area contributed by atoms with Gasteiger partial charge in [0.2, 0.25) is 0 Å². The maximum Gasteiger partial charge on any atom is 0.416 e. The van der Waals surface area contributed by atoms with Crippen molar-refractivity contribution in [3.8, 4) is 0 Å². The average Bonchev–Trinajstić information content (AvgIpc) is 2.82. The number of alkyl halides is 3. The van der Waals surface area contributed by atoms with Crippen LogP contribution in [0.2, 0.25) is 0 Å². The van der Waals surface area contributed by atoms with Gasteiger partial charge in [0, 0.05) is 35.6 Å². The van der Waals surface area contributed by atoms with Crippen LogP contribution in [-0.4, -0.2) is 22.6 Å². The summed E-state index contributed by atoms with van der Waals surface area (Å²) in [5.41, 5.74) is 5.52. The molecule has 1 fully saturated rings. The summed E-state index contributed by atoms with van der Waals surface area (Å²) in [5.74, 6) is 0.554. The fraction of sp³-hybridized carbons (Fsp3) is 0.417. The van der Waals surface area contributed by atoms with Crippen molar-refractivity contribution >= 4 is 10.9 Å². The van der Waals surface area contributed by atoms with E-state index in [2.05, 4.69) is 34.6 Å². The maximum absolute atomic E-state index is 13.1. The summed E-state index contributed by atoms with van der Waals surface area (Å²) in [6.45, 7) is 6.10. The second-order valence-electron chi connectivity index (χ2n) is 8.53. The summed E-state index contributed by atoms with van der Waals surface area (Å²) in [7, 11) is 0. The number of hydrogen-bond donors (Lipinski definition) is 0. The van der Waals surface area contributed by atoms with E-state index in [1.165, 1.54) is 52.7 Å². The van der Waals surface area contributed by atoms with Crippen molar-refractivity contribution in [2.75, 3.05) is 13.1 Å². The first-order chi connectivity index (χ1) is 13.9. The molecular weight excluding hydrogens is 373 g/mol. The molecule has 2 nitrogen and oxygen atoms in total. The molecule has 29 heavy (non-hydrogen) atoms. The van der Waals surface area contributed by atoms with Crippen molar-refractivity contribution < 1.29 is 13.2 Å². The highest BCUT2D eigenvalue weighted by Gasteiger charge is 2.33. The summed E-state index contributed by atoms with van der Waals surface area (Å²) in [4.78, 5) is 2.54. The number of fused-ring (bicyclic) bond motifs is 3. The highest BCUT2D eigenvalue weighted by Crippen LogP contribution is 2.41. The molecule has 0 saturated carbocycles. The molecule has 3 aliphatic rings. The van der Waals surface area contributed by atoms with Gasteiger partial charge in [-0.2, -0.15) is 13.2 Å². The van der Waals surface area contributed by atoms with Crippen molar-refractivity contribution in [1.29, 1.82) is 0 Å². The fourth-order valence-electron chi connectivity index (χ4n) is 5.16. The first-order valence-electron chi connectivity index (χ1n) is 10.4. The Morgan fingerprint density at radius 3 is 2.59 bits per heavy atom. The van der Waals surface area contributed by atoms with Crippen molar-refractivity contribution in [2.45, 2.75) is 51.4 Å². The molecule has 1 saturated heterocycles. The Labute approximate surface area is 168 Å². The molecule has 0 unspecified atom stereocenters. The van der Waals surface area contributed by atoms with Crippen LogP contribution in [0.3, 0.4) is 0 Å². The van der Waals surface area contributed by atoms with Crippen LogP contribution in [0.5, 0.6) is 0 Å². The average molecular weight is 398 g/mol. The number of benzene rings is 2. The Bertz CT molecular complexity index is 1060. The number of hydrogen-bond acceptors (Lipinski definition) is 1. The molecule has 5 heteroatoms. The summed E-state index contributed by atoms with van der Waals surface area (Å²) in [6, 6.07) is 12.4. The molecule has 0 atom stereocenters. The van der Waals surface area contributed by atoms with Crippen LogP contribution in [0, 0.1) is 6.92 Å². The van der Waals surface area contributed by atoms with Gasteiger partial charge in [-0.15, -0.1) is 0 Å². The van der Waals surface area contributed by atoms with Crippen LogP contribution >= 0.6 is 0 Å². The Balaban J connectivity index is 1.55. The van der Waals surface area contributed by atoms with E-state index in [1.807, 2.05) is 0 Å². The van der Waals surface area contributed by atoms with Gasteiger partial charge in [-0.05, 0) is 68.6 Å². The second-order valence-corrected chi connectivity index (χ2v) is 8.53. The van der Waals surface area contributed by atoms with E-state index in [0.717, 1.165) is 31.3 Å². The standard InChI is InChI=1S/C24H25F3N2/c1-16-5-6-22-20(13-16)21-15-28-10-8-18(9-11-28)23(21)29(22)12-7-17-3-2-4-19(14-17)24(25,26)27/h2-6,13-14,18H,7-12,15H2,1H3. The molecule has 1 aromatic heterocycles. The lowest BCUT2D eigenvalue weighted by atomic mass is 9.94. The number of nitrogens with zero attached hydrogens (tertiary/aromatic N) is 2. The monoisotopic (exact) mass is 398 g/mol. The van der Waals surface area contributed by atoms with Crippen molar-refractivity contribution in [1.82, 2.24) is 9.47 Å². The Morgan fingerprint density at radius 2 is 1.83 bits per heavy atom. The van der Waals surface area contributed by atoms with Gasteiger partial charge < -0.3 is 4.57 Å². The summed E-state index contributed by atoms with van der Waals surface area (Å²) in [5, 5.41) is 1.32. The number of rotatable bonds is 3. The first-order valence-corrected chi connectivity index (χ1v) is 10.4. The number of aryl methyl sites for hydroxylation is 3. The molecule has 0 amide bonds. The Hall–Kier alpha value is -2.27. The smallest absolute Gasteiger partial charge is 0.344 e. The van der Waals surface area contributed by atoms with Gasteiger partial charge in [-0.25, -0.2) is 0 Å². The molecule has 0 radical (unpaired) electrons. The fourth-order valence-corrected chi connectivity index (χ4v) is 5.16. The Kier molecular flexibility index (Phi) is 4.46. The molecule has 0 spiro atoms. The number of piperidine rings is 1. The van der Waals surface area contributed by atoms with E-state index < -0.39 is 11.7 Å². The minimum Gasteiger partial charge on any atom is -0.344 e. The maximum atomic E-state index is 13.1. The van der Waals surface area contributed by atoms with Crippen molar-refractivity contribution in [3.05, 3.63) is 70.4 Å². The Morgan fingerprint density at radius 1 is 1.03 bits per heavy atom. The molecule has 0 N–H and O–H groups in total. The molecule has 3 aromatic rings. The molecular formula is C24H25F3N2. The van der Waals surface area contributed by atoms with E-state index in [1.54, 1.807) is 6.07 Å². The van der Waals surface area contributed by atoms with Crippen LogP contribution in [0.4, 0.5) is 13.2 Å². The molecule has 6 rings (SSSR count). The van der Waals surface area contributed by atoms with Gasteiger partial charge in [0.05, 0.1) is 5.56 Å². The molecule has 3 aliphatic heterocycles. The summed E-state index contributed by atoms with van der Waals surface area (Å²) in [6.07, 6.45) is -1.35. The van der Waals surface area contributed by atoms with E-state index in [4.69, 9.17) is 0 Å². The van der Waals surface area contributed by atoms with Crippen LogP contribution in [0.1, 0.15) is 46.7 Å². The highest BCUT2D eigenvalue weighted by molar-refractivity contribution is 5.86. The van der Waals surface area contributed by atoms with E-state index in [-0.39, 0.29) is 0 Å². The third kappa shape index (κ3) is 3.35. The first kappa shape index (κ1) is 18.7. The van der Waals surface area contributed by atoms with Crippen molar-refractivity contribution in [2.24, 2.45) is 0 Å². The lowest BCUT2D eigenvalue weighted by Gasteiger charge is -2.27. The van der Waals surface area contributed by atoms with Crippen LogP contribution in [0.15, 0.2) is 42.5 Å². The van der Waals surface area contributed by atoms with Gasteiger partial charge in [0.1, 0.15) is 0 Å². The SMILES string of the molecule is Cc1ccc2c(c1)c1c(n2CCc2cccc(C(F)(F)F)c2)C2CCN(CC2)C1. The van der Waals surface area contributed by atoms with E-state index in [9.17, 15) is 13.2 Å². The predicted molar refractivity (Wildman–Crippen MR) is 109 cm³/mol. The minimum absolute atomic E-state index is 0.554.